The summed E-state index contributed by atoms with van der Waals surface area (Å²) in [5.41, 5.74) is 2.13. The summed E-state index contributed by atoms with van der Waals surface area (Å²) < 4.78 is 11.3. The molecule has 1 amide bonds. The van der Waals surface area contributed by atoms with Crippen molar-refractivity contribution in [2.24, 2.45) is 0 Å². The van der Waals surface area contributed by atoms with Crippen LogP contribution in [-0.4, -0.2) is 56.0 Å². The SMILES string of the molecule is O=C(NCC(c1ccc(Cl)cc1)N1CCOCC1)C1=C(c2ccccc2)SCCO1. The topological polar surface area (TPSA) is 50.8 Å². The van der Waals surface area contributed by atoms with Gasteiger partial charge in [-0.2, -0.15) is 0 Å². The Morgan fingerprint density at radius 1 is 1.07 bits per heavy atom. The minimum atomic E-state index is -0.173. The minimum absolute atomic E-state index is 0.0483. The zero-order valence-corrected chi connectivity index (χ0v) is 18.3. The van der Waals surface area contributed by atoms with Crippen LogP contribution in [0, 0.1) is 0 Å². The summed E-state index contributed by atoms with van der Waals surface area (Å²) in [5, 5.41) is 3.81. The zero-order chi connectivity index (χ0) is 20.8. The van der Waals surface area contributed by atoms with Gasteiger partial charge in [0, 0.05) is 30.4 Å². The van der Waals surface area contributed by atoms with Crippen molar-refractivity contribution in [3.63, 3.8) is 0 Å². The van der Waals surface area contributed by atoms with Crippen LogP contribution in [0.25, 0.3) is 4.91 Å². The maximum Gasteiger partial charge on any atom is 0.287 e. The van der Waals surface area contributed by atoms with Crippen molar-refractivity contribution < 1.29 is 14.3 Å². The molecule has 0 spiro atoms. The Morgan fingerprint density at radius 3 is 2.53 bits per heavy atom. The number of hydrogen-bond donors (Lipinski definition) is 1. The summed E-state index contributed by atoms with van der Waals surface area (Å²) in [6.45, 7) is 4.07. The van der Waals surface area contributed by atoms with Crippen LogP contribution in [0.3, 0.4) is 0 Å². The highest BCUT2D eigenvalue weighted by Gasteiger charge is 2.26. The number of nitrogens with zero attached hydrogens (tertiary/aromatic N) is 1. The van der Waals surface area contributed by atoms with Gasteiger partial charge in [0.2, 0.25) is 0 Å². The van der Waals surface area contributed by atoms with E-state index in [9.17, 15) is 4.79 Å². The Hall–Kier alpha value is -1.99. The van der Waals surface area contributed by atoms with Gasteiger partial charge in [0.25, 0.3) is 5.91 Å². The first-order valence-corrected chi connectivity index (χ1v) is 11.5. The normalized spacial score (nSPS) is 18.6. The van der Waals surface area contributed by atoms with E-state index in [2.05, 4.69) is 10.2 Å². The van der Waals surface area contributed by atoms with Gasteiger partial charge in [-0.05, 0) is 23.3 Å². The van der Waals surface area contributed by atoms with Gasteiger partial charge in [-0.15, -0.1) is 11.8 Å². The highest BCUT2D eigenvalue weighted by atomic mass is 35.5. The molecule has 2 aliphatic rings. The third-order valence-corrected chi connectivity index (χ3v) is 6.55. The number of amides is 1. The molecule has 2 heterocycles. The van der Waals surface area contributed by atoms with Crippen molar-refractivity contribution in [2.45, 2.75) is 6.04 Å². The standard InChI is InChI=1S/C23H25ClN2O3S/c24-19-8-6-17(7-9-19)20(26-10-12-28-13-11-26)16-25-23(27)21-22(30-15-14-29-21)18-4-2-1-3-5-18/h1-9,20H,10-16H2,(H,25,27). The second kappa shape index (κ2) is 10.4. The summed E-state index contributed by atoms with van der Waals surface area (Å²) in [4.78, 5) is 16.3. The Balaban J connectivity index is 1.52. The van der Waals surface area contributed by atoms with E-state index in [1.807, 2.05) is 54.6 Å². The number of hydrogen-bond acceptors (Lipinski definition) is 5. The Bertz CT molecular complexity index is 883. The van der Waals surface area contributed by atoms with E-state index < -0.39 is 0 Å². The number of thioether (sulfide) groups is 1. The zero-order valence-electron chi connectivity index (χ0n) is 16.7. The van der Waals surface area contributed by atoms with Crippen LogP contribution < -0.4 is 5.32 Å². The van der Waals surface area contributed by atoms with Crippen LogP contribution in [-0.2, 0) is 14.3 Å². The molecule has 0 aromatic heterocycles. The maximum atomic E-state index is 13.1. The Morgan fingerprint density at radius 2 is 1.80 bits per heavy atom. The summed E-state index contributed by atoms with van der Waals surface area (Å²) in [6, 6.07) is 17.8. The van der Waals surface area contributed by atoms with Gasteiger partial charge in [0.1, 0.15) is 0 Å². The molecule has 0 saturated carbocycles. The fraction of sp³-hybridized carbons (Fsp3) is 0.348. The molecule has 158 valence electrons. The van der Waals surface area contributed by atoms with Crippen molar-refractivity contribution >= 4 is 34.2 Å². The van der Waals surface area contributed by atoms with E-state index in [0.29, 0.717) is 37.1 Å². The molecule has 2 aromatic rings. The number of carbonyl (C=O) groups is 1. The molecular weight excluding hydrogens is 420 g/mol. The summed E-state index contributed by atoms with van der Waals surface area (Å²) in [6.07, 6.45) is 0. The predicted octanol–water partition coefficient (Wildman–Crippen LogP) is 3.96. The molecule has 30 heavy (non-hydrogen) atoms. The van der Waals surface area contributed by atoms with E-state index >= 15 is 0 Å². The molecule has 2 aromatic carbocycles. The molecule has 1 fully saturated rings. The summed E-state index contributed by atoms with van der Waals surface area (Å²) >= 11 is 7.74. The van der Waals surface area contributed by atoms with E-state index in [1.165, 1.54) is 0 Å². The first kappa shape index (κ1) is 21.2. The fourth-order valence-electron chi connectivity index (χ4n) is 3.69. The lowest BCUT2D eigenvalue weighted by Crippen LogP contribution is -2.44. The summed E-state index contributed by atoms with van der Waals surface area (Å²) in [5.74, 6) is 1.07. The van der Waals surface area contributed by atoms with E-state index in [1.54, 1.807) is 11.8 Å². The molecule has 1 saturated heterocycles. The highest BCUT2D eigenvalue weighted by Crippen LogP contribution is 2.34. The number of nitrogens with one attached hydrogen (secondary N) is 1. The molecular formula is C23H25ClN2O3S. The minimum Gasteiger partial charge on any atom is -0.486 e. The van der Waals surface area contributed by atoms with Crippen molar-refractivity contribution in [3.8, 4) is 0 Å². The lowest BCUT2D eigenvalue weighted by atomic mass is 10.0. The molecule has 0 bridgehead atoms. The van der Waals surface area contributed by atoms with Crippen LogP contribution >= 0.6 is 23.4 Å². The van der Waals surface area contributed by atoms with Gasteiger partial charge in [0.15, 0.2) is 5.76 Å². The van der Waals surface area contributed by atoms with Crippen LogP contribution in [0.2, 0.25) is 5.02 Å². The van der Waals surface area contributed by atoms with E-state index in [-0.39, 0.29) is 11.9 Å². The molecule has 2 aliphatic heterocycles. The molecule has 1 unspecified atom stereocenters. The Labute approximate surface area is 186 Å². The van der Waals surface area contributed by atoms with Crippen LogP contribution in [0.15, 0.2) is 60.4 Å². The van der Waals surface area contributed by atoms with Gasteiger partial charge < -0.3 is 14.8 Å². The quantitative estimate of drug-likeness (QED) is 0.730. The van der Waals surface area contributed by atoms with Crippen LogP contribution in [0.5, 0.6) is 0 Å². The molecule has 1 atom stereocenters. The third kappa shape index (κ3) is 5.19. The van der Waals surface area contributed by atoms with Crippen molar-refractivity contribution in [1.82, 2.24) is 10.2 Å². The number of ether oxygens (including phenoxy) is 2. The molecule has 5 nitrogen and oxygen atoms in total. The van der Waals surface area contributed by atoms with Gasteiger partial charge in [-0.25, -0.2) is 0 Å². The first-order valence-electron chi connectivity index (χ1n) is 10.1. The number of morpholine rings is 1. The third-order valence-electron chi connectivity index (χ3n) is 5.22. The lowest BCUT2D eigenvalue weighted by molar-refractivity contribution is -0.121. The molecule has 0 aliphatic carbocycles. The average molecular weight is 445 g/mol. The predicted molar refractivity (Wildman–Crippen MR) is 121 cm³/mol. The van der Waals surface area contributed by atoms with Crippen LogP contribution in [0.1, 0.15) is 17.2 Å². The molecule has 0 radical (unpaired) electrons. The van der Waals surface area contributed by atoms with Gasteiger partial charge in [0.05, 0.1) is 30.8 Å². The molecule has 1 N–H and O–H groups in total. The molecule has 7 heteroatoms. The fourth-order valence-corrected chi connectivity index (χ4v) is 4.77. The smallest absolute Gasteiger partial charge is 0.287 e. The summed E-state index contributed by atoms with van der Waals surface area (Å²) in [7, 11) is 0. The lowest BCUT2D eigenvalue weighted by Gasteiger charge is -2.35. The average Bonchev–Trinajstić information content (AvgIpc) is 2.81. The van der Waals surface area contributed by atoms with Crippen LogP contribution in [0.4, 0.5) is 0 Å². The van der Waals surface area contributed by atoms with E-state index in [4.69, 9.17) is 21.1 Å². The van der Waals surface area contributed by atoms with Gasteiger partial charge >= 0.3 is 0 Å². The Kier molecular flexibility index (Phi) is 7.33. The van der Waals surface area contributed by atoms with Gasteiger partial charge in [-0.1, -0.05) is 54.1 Å². The van der Waals surface area contributed by atoms with E-state index in [0.717, 1.165) is 34.9 Å². The molecule has 4 rings (SSSR count). The number of halogens is 1. The van der Waals surface area contributed by atoms with Crippen molar-refractivity contribution in [1.29, 1.82) is 0 Å². The second-order valence-electron chi connectivity index (χ2n) is 7.15. The highest BCUT2D eigenvalue weighted by molar-refractivity contribution is 8.08. The van der Waals surface area contributed by atoms with Gasteiger partial charge in [-0.3, -0.25) is 9.69 Å². The number of carbonyl (C=O) groups excluding carboxylic acids is 1. The number of rotatable bonds is 6. The second-order valence-corrected chi connectivity index (χ2v) is 8.69. The number of benzene rings is 2. The van der Waals surface area contributed by atoms with Crippen molar-refractivity contribution in [2.75, 3.05) is 45.2 Å². The monoisotopic (exact) mass is 444 g/mol. The van der Waals surface area contributed by atoms with Crippen molar-refractivity contribution in [3.05, 3.63) is 76.5 Å². The first-order chi connectivity index (χ1) is 14.7. The largest absolute Gasteiger partial charge is 0.486 e. The maximum absolute atomic E-state index is 13.1.